The number of benzene rings is 3. The van der Waals surface area contributed by atoms with Gasteiger partial charge in [-0.25, -0.2) is 14.8 Å². The van der Waals surface area contributed by atoms with Gasteiger partial charge in [0, 0.05) is 18.1 Å². The van der Waals surface area contributed by atoms with Crippen LogP contribution in [0, 0.1) is 0 Å². The molecule has 1 atom stereocenters. The van der Waals surface area contributed by atoms with Crippen molar-refractivity contribution < 1.29 is 19.4 Å². The number of aromatic nitrogens is 2. The maximum Gasteiger partial charge on any atom is 0.328 e. The number of hydrogen-bond donors (Lipinski definition) is 2. The number of nitrogens with zero attached hydrogens (tertiary/aromatic N) is 2. The second kappa shape index (κ2) is 11.7. The number of aromatic hydroxyl groups is 1. The van der Waals surface area contributed by atoms with Crippen LogP contribution in [0.15, 0.2) is 91.3 Å². The van der Waals surface area contributed by atoms with Gasteiger partial charge >= 0.3 is 5.97 Å². The van der Waals surface area contributed by atoms with Crippen LogP contribution in [-0.4, -0.2) is 33.7 Å². The first-order chi connectivity index (χ1) is 17.1. The smallest absolute Gasteiger partial charge is 0.328 e. The highest BCUT2D eigenvalue weighted by Gasteiger charge is 2.22. The Kier molecular flexibility index (Phi) is 7.91. The van der Waals surface area contributed by atoms with Gasteiger partial charge in [-0.3, -0.25) is 0 Å². The van der Waals surface area contributed by atoms with Crippen molar-refractivity contribution in [2.24, 2.45) is 0 Å². The van der Waals surface area contributed by atoms with Gasteiger partial charge in [-0.2, -0.15) is 0 Å². The lowest BCUT2D eigenvalue weighted by atomic mass is 10.0. The minimum atomic E-state index is -0.722. The second-order valence-corrected chi connectivity index (χ2v) is 7.87. The molecule has 7 heteroatoms. The summed E-state index contributed by atoms with van der Waals surface area (Å²) in [5.74, 6) is 0.945. The fourth-order valence-electron chi connectivity index (χ4n) is 3.57. The molecule has 2 N–H and O–H groups in total. The van der Waals surface area contributed by atoms with E-state index in [1.165, 1.54) is 6.33 Å². The van der Waals surface area contributed by atoms with E-state index in [-0.39, 0.29) is 18.8 Å². The summed E-state index contributed by atoms with van der Waals surface area (Å²) in [7, 11) is 0. The molecule has 0 saturated carbocycles. The largest absolute Gasteiger partial charge is 0.508 e. The van der Waals surface area contributed by atoms with Crippen LogP contribution in [-0.2, 0) is 22.6 Å². The summed E-state index contributed by atoms with van der Waals surface area (Å²) in [6, 6.07) is 25.6. The molecule has 0 radical (unpaired) electrons. The Balaban J connectivity index is 1.46. The summed E-state index contributed by atoms with van der Waals surface area (Å²) in [6.07, 6.45) is 1.69. The number of rotatable bonds is 10. The van der Waals surface area contributed by atoms with Gasteiger partial charge < -0.3 is 19.9 Å². The van der Waals surface area contributed by atoms with Crippen molar-refractivity contribution in [3.8, 4) is 22.8 Å². The predicted octanol–water partition coefficient (Wildman–Crippen LogP) is 5.01. The molecular weight excluding hydrogens is 442 g/mol. The third kappa shape index (κ3) is 6.57. The molecule has 3 aromatic carbocycles. The van der Waals surface area contributed by atoms with E-state index in [1.807, 2.05) is 60.7 Å². The lowest BCUT2D eigenvalue weighted by Crippen LogP contribution is -2.34. The highest BCUT2D eigenvalue weighted by molar-refractivity contribution is 5.80. The monoisotopic (exact) mass is 469 g/mol. The lowest BCUT2D eigenvalue weighted by molar-refractivity contribution is -0.144. The van der Waals surface area contributed by atoms with Gasteiger partial charge in [0.15, 0.2) is 0 Å². The second-order valence-electron chi connectivity index (χ2n) is 7.87. The van der Waals surface area contributed by atoms with Crippen molar-refractivity contribution in [3.63, 3.8) is 0 Å². The van der Waals surface area contributed by atoms with E-state index in [1.54, 1.807) is 31.2 Å². The Bertz CT molecular complexity index is 1250. The highest BCUT2D eigenvalue weighted by Crippen LogP contribution is 2.24. The molecule has 178 valence electrons. The van der Waals surface area contributed by atoms with Crippen LogP contribution in [0.4, 0.5) is 5.82 Å². The predicted molar refractivity (Wildman–Crippen MR) is 134 cm³/mol. The van der Waals surface area contributed by atoms with Gasteiger partial charge in [-0.1, -0.05) is 48.5 Å². The zero-order chi connectivity index (χ0) is 24.5. The van der Waals surface area contributed by atoms with Crippen molar-refractivity contribution in [1.29, 1.82) is 0 Å². The van der Waals surface area contributed by atoms with Crippen LogP contribution >= 0.6 is 0 Å². The standard InChI is InChI=1S/C28H27N3O4/c1-2-34-28(33)25(16-22-10-6-7-11-26(22)32)31-27-17-24(29-19-30-27)21-12-14-23(15-13-21)35-18-20-8-4-3-5-9-20/h3-15,17,19,25,32H,2,16,18H2,1H3,(H,29,30,31). The number of para-hydroxylation sites is 1. The van der Waals surface area contributed by atoms with Crippen molar-refractivity contribution in [1.82, 2.24) is 9.97 Å². The quantitative estimate of drug-likeness (QED) is 0.315. The number of carbonyl (C=O) groups excluding carboxylic acids is 1. The summed E-state index contributed by atoms with van der Waals surface area (Å²) in [5.41, 5.74) is 3.32. The topological polar surface area (TPSA) is 93.6 Å². The van der Waals surface area contributed by atoms with E-state index in [9.17, 15) is 9.90 Å². The summed E-state index contributed by atoms with van der Waals surface area (Å²) < 4.78 is 11.1. The van der Waals surface area contributed by atoms with E-state index in [2.05, 4.69) is 15.3 Å². The van der Waals surface area contributed by atoms with Gasteiger partial charge in [0.25, 0.3) is 0 Å². The van der Waals surface area contributed by atoms with Crippen molar-refractivity contribution in [3.05, 3.63) is 102 Å². The molecule has 1 unspecified atom stereocenters. The minimum Gasteiger partial charge on any atom is -0.508 e. The van der Waals surface area contributed by atoms with Crippen LogP contribution in [0.1, 0.15) is 18.1 Å². The molecule has 7 nitrogen and oxygen atoms in total. The molecule has 0 spiro atoms. The zero-order valence-electron chi connectivity index (χ0n) is 19.4. The van der Waals surface area contributed by atoms with E-state index >= 15 is 0 Å². The molecule has 1 heterocycles. The van der Waals surface area contributed by atoms with Crippen LogP contribution in [0.5, 0.6) is 11.5 Å². The molecule has 0 bridgehead atoms. The fraction of sp³-hybridized carbons (Fsp3) is 0.179. The van der Waals surface area contributed by atoms with E-state index < -0.39 is 12.0 Å². The number of nitrogens with one attached hydrogen (secondary N) is 1. The molecular formula is C28H27N3O4. The average molecular weight is 470 g/mol. The molecule has 35 heavy (non-hydrogen) atoms. The summed E-state index contributed by atoms with van der Waals surface area (Å²) >= 11 is 0. The lowest BCUT2D eigenvalue weighted by Gasteiger charge is -2.18. The number of anilines is 1. The minimum absolute atomic E-state index is 0.126. The van der Waals surface area contributed by atoms with Crippen LogP contribution in [0.25, 0.3) is 11.3 Å². The number of phenols is 1. The molecule has 0 saturated heterocycles. The Morgan fingerprint density at radius 1 is 0.971 bits per heavy atom. The van der Waals surface area contributed by atoms with Crippen LogP contribution in [0.3, 0.4) is 0 Å². The third-order valence-electron chi connectivity index (χ3n) is 5.37. The Morgan fingerprint density at radius 3 is 2.46 bits per heavy atom. The maximum atomic E-state index is 12.6. The molecule has 1 aromatic heterocycles. The van der Waals surface area contributed by atoms with Gasteiger partial charge in [0.2, 0.25) is 0 Å². The van der Waals surface area contributed by atoms with E-state index in [0.717, 1.165) is 16.9 Å². The fourth-order valence-corrected chi connectivity index (χ4v) is 3.57. The zero-order valence-corrected chi connectivity index (χ0v) is 19.4. The van der Waals surface area contributed by atoms with Crippen molar-refractivity contribution >= 4 is 11.8 Å². The van der Waals surface area contributed by atoms with Gasteiger partial charge in [0.05, 0.1) is 12.3 Å². The normalized spacial score (nSPS) is 11.5. The molecule has 0 aliphatic heterocycles. The third-order valence-corrected chi connectivity index (χ3v) is 5.37. The van der Waals surface area contributed by atoms with Gasteiger partial charge in [-0.15, -0.1) is 0 Å². The number of carbonyl (C=O) groups is 1. The number of hydrogen-bond acceptors (Lipinski definition) is 7. The Labute approximate surface area is 204 Å². The van der Waals surface area contributed by atoms with Crippen molar-refractivity contribution in [2.75, 3.05) is 11.9 Å². The summed E-state index contributed by atoms with van der Waals surface area (Å²) in [6.45, 7) is 2.50. The molecule has 0 amide bonds. The van der Waals surface area contributed by atoms with Crippen LogP contribution < -0.4 is 10.1 Å². The number of ether oxygens (including phenoxy) is 2. The molecule has 0 aliphatic rings. The van der Waals surface area contributed by atoms with Crippen molar-refractivity contribution in [2.45, 2.75) is 26.0 Å². The van der Waals surface area contributed by atoms with E-state index in [0.29, 0.717) is 23.7 Å². The molecule has 4 rings (SSSR count). The van der Waals surface area contributed by atoms with E-state index in [4.69, 9.17) is 9.47 Å². The van der Waals surface area contributed by atoms with Gasteiger partial charge in [0.1, 0.15) is 36.3 Å². The maximum absolute atomic E-state index is 12.6. The number of phenolic OH excluding ortho intramolecular Hbond substituents is 1. The summed E-state index contributed by atoms with van der Waals surface area (Å²) in [5, 5.41) is 13.3. The Morgan fingerprint density at radius 2 is 1.71 bits per heavy atom. The summed E-state index contributed by atoms with van der Waals surface area (Å²) in [4.78, 5) is 21.2. The molecule has 0 aliphatic carbocycles. The number of esters is 1. The highest BCUT2D eigenvalue weighted by atomic mass is 16.5. The first-order valence-corrected chi connectivity index (χ1v) is 11.4. The first kappa shape index (κ1) is 23.8. The molecule has 4 aromatic rings. The van der Waals surface area contributed by atoms with Gasteiger partial charge in [-0.05, 0) is 48.4 Å². The van der Waals surface area contributed by atoms with Crippen LogP contribution in [0.2, 0.25) is 0 Å². The Hall–Kier alpha value is -4.39. The first-order valence-electron chi connectivity index (χ1n) is 11.4. The average Bonchev–Trinajstić information content (AvgIpc) is 2.89. The molecule has 0 fully saturated rings. The SMILES string of the molecule is CCOC(=O)C(Cc1ccccc1O)Nc1cc(-c2ccc(OCc3ccccc3)cc2)ncn1.